The van der Waals surface area contributed by atoms with Gasteiger partial charge in [-0.1, -0.05) is 12.1 Å². The van der Waals surface area contributed by atoms with Crippen LogP contribution in [0.1, 0.15) is 29.3 Å². The summed E-state index contributed by atoms with van der Waals surface area (Å²) in [5.74, 6) is 2.33. The van der Waals surface area contributed by atoms with Gasteiger partial charge in [0.25, 0.3) is 5.91 Å². The molecular formula is C25H27N3O5. The van der Waals surface area contributed by atoms with Crippen molar-refractivity contribution >= 4 is 12.1 Å². The Balaban J connectivity index is 1.51. The Labute approximate surface area is 193 Å². The van der Waals surface area contributed by atoms with Crippen LogP contribution < -0.4 is 24.4 Å². The van der Waals surface area contributed by atoms with Crippen molar-refractivity contribution in [3.63, 3.8) is 0 Å². The SMILES string of the molecule is CCOc1cc(/C=N\NC(=O)c2ccncc2)ccc1OCCCOc1ccccc1OC. The second kappa shape index (κ2) is 12.7. The van der Waals surface area contributed by atoms with Gasteiger partial charge >= 0.3 is 0 Å². The van der Waals surface area contributed by atoms with E-state index >= 15 is 0 Å². The molecule has 1 aromatic heterocycles. The van der Waals surface area contributed by atoms with Crippen LogP contribution in [0.25, 0.3) is 0 Å². The molecule has 2 aromatic carbocycles. The van der Waals surface area contributed by atoms with E-state index < -0.39 is 0 Å². The molecule has 3 aromatic rings. The molecule has 0 spiro atoms. The molecule has 0 saturated carbocycles. The standard InChI is InChI=1S/C25H27N3O5/c1-3-31-24-17-19(18-27-28-25(29)20-11-13-26-14-12-20)9-10-23(24)33-16-6-15-32-22-8-5-4-7-21(22)30-2/h4-5,7-14,17-18H,3,6,15-16H2,1-2H3,(H,28,29)/b27-18-. The number of carbonyl (C=O) groups is 1. The maximum atomic E-state index is 12.0. The summed E-state index contributed by atoms with van der Waals surface area (Å²) < 4.78 is 22.6. The van der Waals surface area contributed by atoms with Crippen molar-refractivity contribution < 1.29 is 23.7 Å². The fourth-order valence-electron chi connectivity index (χ4n) is 2.89. The molecule has 0 atom stereocenters. The van der Waals surface area contributed by atoms with Gasteiger partial charge in [-0.25, -0.2) is 5.43 Å². The molecular weight excluding hydrogens is 422 g/mol. The number of para-hydroxylation sites is 2. The predicted molar refractivity (Wildman–Crippen MR) is 126 cm³/mol. The number of nitrogens with one attached hydrogen (secondary N) is 1. The number of ether oxygens (including phenoxy) is 4. The first kappa shape index (κ1) is 23.6. The summed E-state index contributed by atoms with van der Waals surface area (Å²) >= 11 is 0. The number of hydrogen-bond acceptors (Lipinski definition) is 7. The van der Waals surface area contributed by atoms with Gasteiger partial charge in [0.15, 0.2) is 23.0 Å². The minimum absolute atomic E-state index is 0.311. The Morgan fingerprint density at radius 1 is 0.939 bits per heavy atom. The summed E-state index contributed by atoms with van der Waals surface area (Å²) in [6, 6.07) is 16.2. The van der Waals surface area contributed by atoms with E-state index in [1.807, 2.05) is 49.4 Å². The molecule has 0 aliphatic heterocycles. The summed E-state index contributed by atoms with van der Waals surface area (Å²) in [6.45, 7) is 3.35. The highest BCUT2D eigenvalue weighted by molar-refractivity contribution is 5.94. The maximum absolute atomic E-state index is 12.0. The van der Waals surface area contributed by atoms with Crippen LogP contribution in [0.15, 0.2) is 72.1 Å². The second-order valence-electron chi connectivity index (χ2n) is 6.78. The zero-order valence-electron chi connectivity index (χ0n) is 18.7. The lowest BCUT2D eigenvalue weighted by Crippen LogP contribution is -2.17. The third-order valence-electron chi connectivity index (χ3n) is 4.46. The number of hydrazone groups is 1. The van der Waals surface area contributed by atoms with Gasteiger partial charge < -0.3 is 18.9 Å². The lowest BCUT2D eigenvalue weighted by molar-refractivity contribution is 0.0955. The van der Waals surface area contributed by atoms with E-state index in [1.54, 1.807) is 37.9 Å². The van der Waals surface area contributed by atoms with Crippen LogP contribution in [-0.2, 0) is 0 Å². The summed E-state index contributed by atoms with van der Waals surface area (Å²) in [6.07, 6.45) is 5.34. The lowest BCUT2D eigenvalue weighted by atomic mass is 10.2. The zero-order chi connectivity index (χ0) is 23.3. The summed E-state index contributed by atoms with van der Waals surface area (Å²) in [7, 11) is 1.61. The molecule has 3 rings (SSSR count). The monoisotopic (exact) mass is 449 g/mol. The van der Waals surface area contributed by atoms with Crippen molar-refractivity contribution in [1.29, 1.82) is 0 Å². The molecule has 0 aliphatic rings. The van der Waals surface area contributed by atoms with Crippen molar-refractivity contribution in [1.82, 2.24) is 10.4 Å². The highest BCUT2D eigenvalue weighted by atomic mass is 16.5. The number of carbonyl (C=O) groups excluding carboxylic acids is 1. The zero-order valence-corrected chi connectivity index (χ0v) is 18.7. The van der Waals surface area contributed by atoms with Gasteiger partial charge in [0, 0.05) is 24.4 Å². The quantitative estimate of drug-likeness (QED) is 0.254. The molecule has 0 radical (unpaired) electrons. The van der Waals surface area contributed by atoms with Crippen molar-refractivity contribution in [3.8, 4) is 23.0 Å². The van der Waals surface area contributed by atoms with Crippen molar-refractivity contribution in [3.05, 3.63) is 78.1 Å². The highest BCUT2D eigenvalue weighted by Gasteiger charge is 2.07. The Hall–Kier alpha value is -4.07. The summed E-state index contributed by atoms with van der Waals surface area (Å²) in [5.41, 5.74) is 3.74. The van der Waals surface area contributed by atoms with Gasteiger partial charge in [-0.15, -0.1) is 0 Å². The van der Waals surface area contributed by atoms with E-state index in [0.717, 1.165) is 5.56 Å². The number of benzene rings is 2. The topological polar surface area (TPSA) is 91.3 Å². The first-order valence-electron chi connectivity index (χ1n) is 10.6. The summed E-state index contributed by atoms with van der Waals surface area (Å²) in [5, 5.41) is 4.01. The number of methoxy groups -OCH3 is 1. The molecule has 1 amide bonds. The molecule has 0 saturated heterocycles. The van der Waals surface area contributed by atoms with Crippen molar-refractivity contribution in [2.24, 2.45) is 5.10 Å². The van der Waals surface area contributed by atoms with Gasteiger partial charge in [0.1, 0.15) is 0 Å². The van der Waals surface area contributed by atoms with Crippen LogP contribution in [0.4, 0.5) is 0 Å². The minimum atomic E-state index is -0.311. The first-order chi connectivity index (χ1) is 16.2. The van der Waals surface area contributed by atoms with Crippen LogP contribution in [0.2, 0.25) is 0 Å². The number of hydrogen-bond donors (Lipinski definition) is 1. The Morgan fingerprint density at radius 2 is 1.64 bits per heavy atom. The largest absolute Gasteiger partial charge is 0.493 e. The molecule has 1 N–H and O–H groups in total. The molecule has 0 bridgehead atoms. The van der Waals surface area contributed by atoms with Crippen LogP contribution in [0, 0.1) is 0 Å². The van der Waals surface area contributed by atoms with Gasteiger partial charge in [0.2, 0.25) is 0 Å². The fourth-order valence-corrected chi connectivity index (χ4v) is 2.89. The predicted octanol–water partition coefficient (Wildman–Crippen LogP) is 4.10. The minimum Gasteiger partial charge on any atom is -0.493 e. The molecule has 8 heteroatoms. The number of rotatable bonds is 12. The van der Waals surface area contributed by atoms with Crippen molar-refractivity contribution in [2.75, 3.05) is 26.9 Å². The number of aromatic nitrogens is 1. The van der Waals surface area contributed by atoms with E-state index in [9.17, 15) is 4.79 Å². The molecule has 0 fully saturated rings. The molecule has 33 heavy (non-hydrogen) atoms. The number of nitrogens with zero attached hydrogens (tertiary/aromatic N) is 2. The summed E-state index contributed by atoms with van der Waals surface area (Å²) in [4.78, 5) is 15.9. The van der Waals surface area contributed by atoms with Crippen molar-refractivity contribution in [2.45, 2.75) is 13.3 Å². The molecule has 0 aliphatic carbocycles. The maximum Gasteiger partial charge on any atom is 0.271 e. The molecule has 8 nitrogen and oxygen atoms in total. The average Bonchev–Trinajstić information content (AvgIpc) is 2.86. The van der Waals surface area contributed by atoms with Gasteiger partial charge in [-0.2, -0.15) is 5.10 Å². The first-order valence-corrected chi connectivity index (χ1v) is 10.6. The molecule has 172 valence electrons. The van der Waals surface area contributed by atoms with E-state index in [-0.39, 0.29) is 5.91 Å². The smallest absolute Gasteiger partial charge is 0.271 e. The Bertz CT molecular complexity index is 1060. The van der Waals surface area contributed by atoms with Crippen LogP contribution >= 0.6 is 0 Å². The Kier molecular flexibility index (Phi) is 9.08. The van der Waals surface area contributed by atoms with E-state index in [0.29, 0.717) is 54.8 Å². The van der Waals surface area contributed by atoms with Gasteiger partial charge in [0.05, 0.1) is 33.1 Å². The highest BCUT2D eigenvalue weighted by Crippen LogP contribution is 2.29. The molecule has 0 unspecified atom stereocenters. The fraction of sp³-hybridized carbons (Fsp3) is 0.240. The van der Waals surface area contributed by atoms with Gasteiger partial charge in [-0.3, -0.25) is 9.78 Å². The van der Waals surface area contributed by atoms with Crippen LogP contribution in [0.5, 0.6) is 23.0 Å². The number of pyridine rings is 1. The third-order valence-corrected chi connectivity index (χ3v) is 4.46. The van der Waals surface area contributed by atoms with E-state index in [2.05, 4.69) is 15.5 Å². The normalized spacial score (nSPS) is 10.6. The Morgan fingerprint density at radius 3 is 2.33 bits per heavy atom. The van der Waals surface area contributed by atoms with E-state index in [1.165, 1.54) is 0 Å². The van der Waals surface area contributed by atoms with Gasteiger partial charge in [-0.05, 0) is 55.0 Å². The number of amides is 1. The van der Waals surface area contributed by atoms with E-state index in [4.69, 9.17) is 18.9 Å². The van der Waals surface area contributed by atoms with Crippen LogP contribution in [0.3, 0.4) is 0 Å². The third kappa shape index (κ3) is 7.24. The second-order valence-corrected chi connectivity index (χ2v) is 6.78. The lowest BCUT2D eigenvalue weighted by Gasteiger charge is -2.13. The molecule has 1 heterocycles. The van der Waals surface area contributed by atoms with Crippen LogP contribution in [-0.4, -0.2) is 44.0 Å². The average molecular weight is 450 g/mol.